The number of likely N-dealkylation sites (N-methyl/N-ethyl adjacent to an activating group) is 1. The lowest BCUT2D eigenvalue weighted by molar-refractivity contribution is -0.144. The van der Waals surface area contributed by atoms with Crippen LogP contribution in [0.5, 0.6) is 0 Å². The molecule has 0 N–H and O–H groups in total. The summed E-state index contributed by atoms with van der Waals surface area (Å²) >= 11 is 1.64. The van der Waals surface area contributed by atoms with Gasteiger partial charge in [0.1, 0.15) is 5.82 Å². The fourth-order valence-corrected chi connectivity index (χ4v) is 2.32. The van der Waals surface area contributed by atoms with Crippen molar-refractivity contribution < 1.29 is 13.9 Å². The van der Waals surface area contributed by atoms with Gasteiger partial charge in [-0.3, -0.25) is 9.69 Å². The van der Waals surface area contributed by atoms with E-state index >= 15 is 0 Å². The highest BCUT2D eigenvalue weighted by Gasteiger charge is 2.06. The summed E-state index contributed by atoms with van der Waals surface area (Å²) in [6.45, 7) is 3.29. The highest BCUT2D eigenvalue weighted by molar-refractivity contribution is 7.99. The number of carbonyl (C=O) groups excluding carboxylic acids is 1. The van der Waals surface area contributed by atoms with Crippen molar-refractivity contribution in [3.63, 3.8) is 0 Å². The maximum absolute atomic E-state index is 12.7. The van der Waals surface area contributed by atoms with Gasteiger partial charge in [0.2, 0.25) is 0 Å². The Morgan fingerprint density at radius 3 is 2.67 bits per heavy atom. The molecule has 0 saturated heterocycles. The average molecular weight is 271 g/mol. The lowest BCUT2D eigenvalue weighted by Gasteiger charge is -2.14. The molecular formula is C13H18FNO2S. The van der Waals surface area contributed by atoms with Crippen LogP contribution in [0.15, 0.2) is 29.2 Å². The van der Waals surface area contributed by atoms with Crippen LogP contribution in [0, 0.1) is 5.82 Å². The van der Waals surface area contributed by atoms with Crippen LogP contribution in [0.2, 0.25) is 0 Å². The van der Waals surface area contributed by atoms with Crippen molar-refractivity contribution in [2.45, 2.75) is 11.8 Å². The smallest absolute Gasteiger partial charge is 0.320 e. The van der Waals surface area contributed by atoms with Crippen molar-refractivity contribution in [3.05, 3.63) is 30.1 Å². The second kappa shape index (κ2) is 8.11. The van der Waals surface area contributed by atoms with Gasteiger partial charge in [0.15, 0.2) is 0 Å². The zero-order valence-electron chi connectivity index (χ0n) is 10.7. The van der Waals surface area contributed by atoms with Crippen LogP contribution in [0.4, 0.5) is 4.39 Å². The Morgan fingerprint density at radius 2 is 2.06 bits per heavy atom. The van der Waals surface area contributed by atoms with Gasteiger partial charge >= 0.3 is 5.97 Å². The number of hydrogen-bond acceptors (Lipinski definition) is 4. The van der Waals surface area contributed by atoms with Gasteiger partial charge in [0.25, 0.3) is 0 Å². The van der Waals surface area contributed by atoms with Crippen LogP contribution in [0.3, 0.4) is 0 Å². The Morgan fingerprint density at radius 1 is 1.39 bits per heavy atom. The molecular weight excluding hydrogens is 253 g/mol. The Balaban J connectivity index is 2.21. The predicted molar refractivity (Wildman–Crippen MR) is 71.3 cm³/mol. The molecule has 0 heterocycles. The summed E-state index contributed by atoms with van der Waals surface area (Å²) in [4.78, 5) is 14.2. The minimum atomic E-state index is -0.223. The molecule has 1 aromatic carbocycles. The van der Waals surface area contributed by atoms with E-state index in [1.54, 1.807) is 30.8 Å². The molecule has 0 atom stereocenters. The zero-order valence-corrected chi connectivity index (χ0v) is 11.5. The maximum Gasteiger partial charge on any atom is 0.320 e. The molecule has 0 aliphatic rings. The number of rotatable bonds is 7. The van der Waals surface area contributed by atoms with Crippen LogP contribution in [-0.4, -0.2) is 43.4 Å². The summed E-state index contributed by atoms with van der Waals surface area (Å²) in [5.41, 5.74) is 0. The maximum atomic E-state index is 12.7. The summed E-state index contributed by atoms with van der Waals surface area (Å²) < 4.78 is 17.5. The zero-order chi connectivity index (χ0) is 13.4. The van der Waals surface area contributed by atoms with Crippen molar-refractivity contribution in [1.82, 2.24) is 4.90 Å². The van der Waals surface area contributed by atoms with Gasteiger partial charge in [-0.15, -0.1) is 11.8 Å². The Kier molecular flexibility index (Phi) is 6.75. The third-order valence-electron chi connectivity index (χ3n) is 2.26. The largest absolute Gasteiger partial charge is 0.465 e. The number of halogens is 1. The monoisotopic (exact) mass is 271 g/mol. The first kappa shape index (κ1) is 15.0. The minimum absolute atomic E-state index is 0.202. The summed E-state index contributed by atoms with van der Waals surface area (Å²) in [5.74, 6) is 0.423. The van der Waals surface area contributed by atoms with E-state index in [1.807, 2.05) is 11.9 Å². The van der Waals surface area contributed by atoms with Crippen molar-refractivity contribution in [3.8, 4) is 0 Å². The predicted octanol–water partition coefficient (Wildman–Crippen LogP) is 2.41. The van der Waals surface area contributed by atoms with Crippen LogP contribution in [-0.2, 0) is 9.53 Å². The first-order valence-corrected chi connectivity index (χ1v) is 6.83. The van der Waals surface area contributed by atoms with Gasteiger partial charge in [-0.25, -0.2) is 4.39 Å². The van der Waals surface area contributed by atoms with E-state index in [-0.39, 0.29) is 11.8 Å². The molecule has 1 aromatic rings. The van der Waals surface area contributed by atoms with Gasteiger partial charge in [-0.05, 0) is 38.2 Å². The Bertz CT molecular complexity index is 370. The first-order valence-electron chi connectivity index (χ1n) is 5.84. The van der Waals surface area contributed by atoms with E-state index in [2.05, 4.69) is 0 Å². The molecule has 0 radical (unpaired) electrons. The first-order chi connectivity index (χ1) is 8.61. The van der Waals surface area contributed by atoms with Crippen LogP contribution in [0.25, 0.3) is 0 Å². The second-order valence-corrected chi connectivity index (χ2v) is 5.01. The average Bonchev–Trinajstić information content (AvgIpc) is 2.32. The number of thioether (sulfide) groups is 1. The van der Waals surface area contributed by atoms with Gasteiger partial charge in [0.05, 0.1) is 13.2 Å². The molecule has 3 nitrogen and oxygen atoms in total. The van der Waals surface area contributed by atoms with Gasteiger partial charge < -0.3 is 4.74 Å². The molecule has 0 spiro atoms. The van der Waals surface area contributed by atoms with Crippen LogP contribution < -0.4 is 0 Å². The van der Waals surface area contributed by atoms with Crippen molar-refractivity contribution in [2.24, 2.45) is 0 Å². The Labute approximate surface area is 111 Å². The number of carbonyl (C=O) groups is 1. The number of nitrogens with zero attached hydrogens (tertiary/aromatic N) is 1. The van der Waals surface area contributed by atoms with E-state index in [1.165, 1.54) is 12.1 Å². The lowest BCUT2D eigenvalue weighted by atomic mass is 10.4. The second-order valence-electron chi connectivity index (χ2n) is 3.85. The minimum Gasteiger partial charge on any atom is -0.465 e. The molecule has 0 aliphatic carbocycles. The third-order valence-corrected chi connectivity index (χ3v) is 3.25. The summed E-state index contributed by atoms with van der Waals surface area (Å²) in [7, 11) is 1.88. The third kappa shape index (κ3) is 6.02. The van der Waals surface area contributed by atoms with Crippen molar-refractivity contribution in [2.75, 3.05) is 32.5 Å². The van der Waals surface area contributed by atoms with E-state index in [4.69, 9.17) is 4.74 Å². The fraction of sp³-hybridized carbons (Fsp3) is 0.462. The molecule has 18 heavy (non-hydrogen) atoms. The van der Waals surface area contributed by atoms with Gasteiger partial charge in [-0.1, -0.05) is 0 Å². The highest BCUT2D eigenvalue weighted by Crippen LogP contribution is 2.17. The lowest BCUT2D eigenvalue weighted by Crippen LogP contribution is -2.29. The molecule has 0 bridgehead atoms. The van der Waals surface area contributed by atoms with E-state index in [0.29, 0.717) is 13.2 Å². The number of esters is 1. The van der Waals surface area contributed by atoms with Crippen molar-refractivity contribution >= 4 is 17.7 Å². The van der Waals surface area contributed by atoms with Gasteiger partial charge in [0, 0.05) is 17.2 Å². The number of benzene rings is 1. The summed E-state index contributed by atoms with van der Waals surface area (Å²) in [6.07, 6.45) is 0. The summed E-state index contributed by atoms with van der Waals surface area (Å²) in [6, 6.07) is 6.41. The molecule has 0 aliphatic heterocycles. The molecule has 0 amide bonds. The fourth-order valence-electron chi connectivity index (χ4n) is 1.36. The molecule has 100 valence electrons. The van der Waals surface area contributed by atoms with Gasteiger partial charge in [-0.2, -0.15) is 0 Å². The van der Waals surface area contributed by atoms with E-state index in [0.717, 1.165) is 17.2 Å². The van der Waals surface area contributed by atoms with E-state index < -0.39 is 0 Å². The summed E-state index contributed by atoms with van der Waals surface area (Å²) in [5, 5.41) is 0. The number of hydrogen-bond donors (Lipinski definition) is 0. The number of ether oxygens (including phenoxy) is 1. The standard InChI is InChI=1S/C13H18FNO2S/c1-3-17-13(16)10-15(2)8-9-18-12-6-4-11(14)5-7-12/h4-7H,3,8-10H2,1-2H3. The quantitative estimate of drug-likeness (QED) is 0.562. The molecule has 5 heteroatoms. The molecule has 1 rings (SSSR count). The molecule has 0 saturated carbocycles. The topological polar surface area (TPSA) is 29.5 Å². The van der Waals surface area contributed by atoms with Crippen LogP contribution >= 0.6 is 11.8 Å². The molecule has 0 unspecified atom stereocenters. The SMILES string of the molecule is CCOC(=O)CN(C)CCSc1ccc(F)cc1. The molecule has 0 fully saturated rings. The Hall–Kier alpha value is -1.07. The van der Waals surface area contributed by atoms with Crippen molar-refractivity contribution in [1.29, 1.82) is 0 Å². The normalized spacial score (nSPS) is 10.7. The van der Waals surface area contributed by atoms with Crippen LogP contribution in [0.1, 0.15) is 6.92 Å². The highest BCUT2D eigenvalue weighted by atomic mass is 32.2. The van der Waals surface area contributed by atoms with E-state index in [9.17, 15) is 9.18 Å². The molecule has 0 aromatic heterocycles.